The third-order valence-corrected chi connectivity index (χ3v) is 8.58. The van der Waals surface area contributed by atoms with Crippen molar-refractivity contribution in [2.24, 2.45) is 41.4 Å². The van der Waals surface area contributed by atoms with Crippen molar-refractivity contribution in [3.63, 3.8) is 0 Å². The minimum absolute atomic E-state index is 0.135. The first-order valence-corrected chi connectivity index (χ1v) is 12.7. The van der Waals surface area contributed by atoms with E-state index in [4.69, 9.17) is 4.74 Å². The Balaban J connectivity index is 1.42. The van der Waals surface area contributed by atoms with Gasteiger partial charge >= 0.3 is 5.97 Å². The summed E-state index contributed by atoms with van der Waals surface area (Å²) in [5.74, 6) is 5.09. The van der Waals surface area contributed by atoms with Gasteiger partial charge in [-0.05, 0) is 93.3 Å². The molecule has 3 atom stereocenters. The summed E-state index contributed by atoms with van der Waals surface area (Å²) >= 11 is 0. The van der Waals surface area contributed by atoms with Crippen LogP contribution in [0.15, 0.2) is 0 Å². The third kappa shape index (κ3) is 5.76. The molecule has 162 valence electrons. The van der Waals surface area contributed by atoms with Crippen LogP contribution in [-0.2, 0) is 9.53 Å². The van der Waals surface area contributed by atoms with E-state index in [9.17, 15) is 4.79 Å². The van der Waals surface area contributed by atoms with Crippen LogP contribution in [0.2, 0.25) is 0 Å². The zero-order chi connectivity index (χ0) is 20.1. The molecule has 3 aliphatic carbocycles. The van der Waals surface area contributed by atoms with Gasteiger partial charge in [0.1, 0.15) is 6.10 Å². The molecule has 0 radical (unpaired) electrons. The molecular weight excluding hydrogens is 344 g/mol. The summed E-state index contributed by atoms with van der Waals surface area (Å²) in [6.07, 6.45) is 17.0. The minimum atomic E-state index is 0.135. The second-order valence-corrected chi connectivity index (χ2v) is 11.0. The maximum atomic E-state index is 12.9. The summed E-state index contributed by atoms with van der Waals surface area (Å²) in [5.41, 5.74) is 0. The number of carbonyl (C=O) groups excluding carboxylic acids is 1. The molecule has 0 N–H and O–H groups in total. The lowest BCUT2D eigenvalue weighted by molar-refractivity contribution is -0.162. The number of hydrogen-bond donors (Lipinski definition) is 0. The van der Waals surface area contributed by atoms with Gasteiger partial charge in [-0.3, -0.25) is 4.79 Å². The summed E-state index contributed by atoms with van der Waals surface area (Å²) in [7, 11) is 0. The van der Waals surface area contributed by atoms with Gasteiger partial charge in [-0.25, -0.2) is 0 Å². The number of esters is 1. The van der Waals surface area contributed by atoms with Crippen LogP contribution < -0.4 is 0 Å². The van der Waals surface area contributed by atoms with E-state index in [1.807, 2.05) is 0 Å². The Labute approximate surface area is 174 Å². The van der Waals surface area contributed by atoms with E-state index in [-0.39, 0.29) is 18.0 Å². The highest BCUT2D eigenvalue weighted by Gasteiger charge is 2.37. The molecule has 0 aromatic rings. The van der Waals surface area contributed by atoms with Crippen LogP contribution in [0.1, 0.15) is 111 Å². The van der Waals surface area contributed by atoms with E-state index in [2.05, 4.69) is 27.7 Å². The molecule has 0 saturated heterocycles. The lowest BCUT2D eigenvalue weighted by atomic mass is 9.68. The molecule has 3 saturated carbocycles. The molecule has 2 heteroatoms. The van der Waals surface area contributed by atoms with Crippen LogP contribution in [0.5, 0.6) is 0 Å². The van der Waals surface area contributed by atoms with E-state index in [1.54, 1.807) is 0 Å². The van der Waals surface area contributed by atoms with Crippen molar-refractivity contribution in [1.29, 1.82) is 0 Å². The molecule has 0 unspecified atom stereocenters. The summed E-state index contributed by atoms with van der Waals surface area (Å²) in [5, 5.41) is 0. The zero-order valence-corrected chi connectivity index (χ0v) is 19.1. The van der Waals surface area contributed by atoms with Crippen molar-refractivity contribution in [2.75, 3.05) is 0 Å². The lowest BCUT2D eigenvalue weighted by Gasteiger charge is -2.39. The Hall–Kier alpha value is -0.530. The van der Waals surface area contributed by atoms with Gasteiger partial charge in [0.25, 0.3) is 0 Å². The maximum Gasteiger partial charge on any atom is 0.309 e. The van der Waals surface area contributed by atoms with Crippen molar-refractivity contribution in [3.8, 4) is 0 Å². The molecule has 0 heterocycles. The number of ether oxygens (including phenoxy) is 1. The summed E-state index contributed by atoms with van der Waals surface area (Å²) in [6.45, 7) is 9.27. The molecule has 28 heavy (non-hydrogen) atoms. The van der Waals surface area contributed by atoms with Crippen LogP contribution in [0.25, 0.3) is 0 Å². The summed E-state index contributed by atoms with van der Waals surface area (Å²) in [6, 6.07) is 0. The van der Waals surface area contributed by atoms with Crippen molar-refractivity contribution < 1.29 is 9.53 Å². The molecular formula is C26H46O2. The fraction of sp³-hybridized carbons (Fsp3) is 0.962. The predicted octanol–water partition coefficient (Wildman–Crippen LogP) is 7.40. The van der Waals surface area contributed by atoms with Crippen molar-refractivity contribution in [1.82, 2.24) is 0 Å². The Bertz CT molecular complexity index is 469. The maximum absolute atomic E-state index is 12.9. The lowest BCUT2D eigenvalue weighted by Crippen LogP contribution is -2.38. The summed E-state index contributed by atoms with van der Waals surface area (Å²) in [4.78, 5) is 12.9. The molecule has 3 rings (SSSR count). The first kappa shape index (κ1) is 22.2. The quantitative estimate of drug-likeness (QED) is 0.441. The SMILES string of the molecule is CCCC1CCC(C2CCC(C(=O)O[C@@H]3CC[C@H](C)C[C@@H]3C(C)C)CC2)CC1. The van der Waals surface area contributed by atoms with E-state index < -0.39 is 0 Å². The molecule has 3 fully saturated rings. The predicted molar refractivity (Wildman–Crippen MR) is 117 cm³/mol. The molecule has 0 aromatic carbocycles. The minimum Gasteiger partial charge on any atom is -0.462 e. The second kappa shape index (κ2) is 10.5. The zero-order valence-electron chi connectivity index (χ0n) is 19.1. The smallest absolute Gasteiger partial charge is 0.309 e. The van der Waals surface area contributed by atoms with Crippen LogP contribution in [0.3, 0.4) is 0 Å². The van der Waals surface area contributed by atoms with Gasteiger partial charge in [-0.2, -0.15) is 0 Å². The van der Waals surface area contributed by atoms with Crippen molar-refractivity contribution in [2.45, 2.75) is 117 Å². The van der Waals surface area contributed by atoms with Gasteiger partial charge < -0.3 is 4.74 Å². The fourth-order valence-corrected chi connectivity index (χ4v) is 6.67. The fourth-order valence-electron chi connectivity index (χ4n) is 6.67. The first-order chi connectivity index (χ1) is 13.5. The normalized spacial score (nSPS) is 39.7. The highest BCUT2D eigenvalue weighted by atomic mass is 16.5. The van der Waals surface area contributed by atoms with Gasteiger partial charge in [0.2, 0.25) is 0 Å². The topological polar surface area (TPSA) is 26.3 Å². The molecule has 0 aliphatic heterocycles. The molecule has 0 aromatic heterocycles. The Kier molecular flexibility index (Phi) is 8.30. The molecule has 3 aliphatic rings. The molecule has 0 spiro atoms. The first-order valence-electron chi connectivity index (χ1n) is 12.7. The van der Waals surface area contributed by atoms with E-state index in [0.717, 1.165) is 42.9 Å². The van der Waals surface area contributed by atoms with Crippen molar-refractivity contribution in [3.05, 3.63) is 0 Å². The largest absolute Gasteiger partial charge is 0.462 e. The van der Waals surface area contributed by atoms with E-state index in [1.165, 1.54) is 64.2 Å². The highest BCUT2D eigenvalue weighted by Crippen LogP contribution is 2.43. The van der Waals surface area contributed by atoms with E-state index >= 15 is 0 Å². The van der Waals surface area contributed by atoms with Gasteiger partial charge in [0, 0.05) is 0 Å². The second-order valence-electron chi connectivity index (χ2n) is 11.0. The average molecular weight is 391 g/mol. The van der Waals surface area contributed by atoms with Crippen LogP contribution >= 0.6 is 0 Å². The third-order valence-electron chi connectivity index (χ3n) is 8.58. The van der Waals surface area contributed by atoms with Gasteiger partial charge in [-0.15, -0.1) is 0 Å². The van der Waals surface area contributed by atoms with E-state index in [0.29, 0.717) is 11.8 Å². The van der Waals surface area contributed by atoms with Crippen LogP contribution in [0, 0.1) is 41.4 Å². The van der Waals surface area contributed by atoms with Crippen molar-refractivity contribution >= 4 is 5.97 Å². The standard InChI is InChI=1S/C26H46O2/c1-5-6-20-8-10-21(11-9-20)22-12-14-23(15-13-22)26(27)28-25-16-7-19(4)17-24(25)18(2)3/h18-25H,5-17H2,1-4H3/t19-,20?,21?,22?,23?,24+,25+/m0/s1. The number of carbonyl (C=O) groups is 1. The average Bonchev–Trinajstić information content (AvgIpc) is 2.70. The molecule has 0 amide bonds. The Morgan fingerprint density at radius 2 is 1.50 bits per heavy atom. The van der Waals surface area contributed by atoms with Crippen LogP contribution in [0.4, 0.5) is 0 Å². The van der Waals surface area contributed by atoms with Gasteiger partial charge in [0.05, 0.1) is 5.92 Å². The monoisotopic (exact) mass is 390 g/mol. The Morgan fingerprint density at radius 1 is 0.893 bits per heavy atom. The molecule has 2 nitrogen and oxygen atoms in total. The summed E-state index contributed by atoms with van der Waals surface area (Å²) < 4.78 is 6.14. The number of rotatable bonds is 6. The van der Waals surface area contributed by atoms with Crippen LogP contribution in [-0.4, -0.2) is 12.1 Å². The van der Waals surface area contributed by atoms with Gasteiger partial charge in [0.15, 0.2) is 0 Å². The van der Waals surface area contributed by atoms with Gasteiger partial charge in [-0.1, -0.05) is 53.4 Å². The highest BCUT2D eigenvalue weighted by molar-refractivity contribution is 5.72. The number of hydrogen-bond acceptors (Lipinski definition) is 2. The Morgan fingerprint density at radius 3 is 2.07 bits per heavy atom. The molecule has 0 bridgehead atoms.